The topological polar surface area (TPSA) is 136 Å². The van der Waals surface area contributed by atoms with Gasteiger partial charge < -0.3 is 9.84 Å². The summed E-state index contributed by atoms with van der Waals surface area (Å²) >= 11 is 0. The summed E-state index contributed by atoms with van der Waals surface area (Å²) in [6.45, 7) is 3.38. The maximum atomic E-state index is 13.2. The molecule has 1 atom stereocenters. The molecule has 12 heteroatoms. The first kappa shape index (κ1) is 20.2. The molecule has 158 valence electrons. The number of anilines is 1. The predicted molar refractivity (Wildman–Crippen MR) is 106 cm³/mol. The molecule has 0 radical (unpaired) electrons. The highest BCUT2D eigenvalue weighted by atomic mass is 32.2. The van der Waals surface area contributed by atoms with Crippen LogP contribution in [0, 0.1) is 13.8 Å². The van der Waals surface area contributed by atoms with Gasteiger partial charge in [0.15, 0.2) is 11.6 Å². The van der Waals surface area contributed by atoms with Gasteiger partial charge in [0, 0.05) is 24.8 Å². The molecule has 4 rings (SSSR count). The lowest BCUT2D eigenvalue weighted by molar-refractivity contribution is -0.119. The minimum atomic E-state index is -3.91. The molecule has 3 heterocycles. The third kappa shape index (κ3) is 3.48. The summed E-state index contributed by atoms with van der Waals surface area (Å²) in [6, 6.07) is 6.25. The lowest BCUT2D eigenvalue weighted by atomic mass is 10.1. The van der Waals surface area contributed by atoms with Crippen molar-refractivity contribution in [2.24, 2.45) is 7.05 Å². The largest absolute Gasteiger partial charge is 0.360 e. The highest BCUT2D eigenvalue weighted by Gasteiger charge is 2.41. The number of nitrogens with one attached hydrogen (secondary N) is 1. The van der Waals surface area contributed by atoms with Crippen molar-refractivity contribution in [3.05, 3.63) is 35.7 Å². The van der Waals surface area contributed by atoms with Gasteiger partial charge >= 0.3 is 0 Å². The van der Waals surface area contributed by atoms with Crippen LogP contribution in [0.15, 0.2) is 33.7 Å². The first-order valence-corrected chi connectivity index (χ1v) is 10.8. The van der Waals surface area contributed by atoms with E-state index in [4.69, 9.17) is 4.52 Å². The fraction of sp³-hybridized carbons (Fsp3) is 0.389. The lowest BCUT2D eigenvalue weighted by Crippen LogP contribution is -2.43. The normalized spacial score (nSPS) is 17.4. The Labute approximate surface area is 173 Å². The molecule has 1 amide bonds. The molecule has 0 unspecified atom stereocenters. The van der Waals surface area contributed by atoms with Gasteiger partial charge in [-0.25, -0.2) is 13.1 Å². The number of benzene rings is 1. The van der Waals surface area contributed by atoms with Gasteiger partial charge in [-0.05, 0) is 49.2 Å². The molecule has 11 nitrogen and oxygen atoms in total. The quantitative estimate of drug-likeness (QED) is 0.638. The maximum absolute atomic E-state index is 13.2. The fourth-order valence-electron chi connectivity index (χ4n) is 3.69. The number of rotatable bonds is 5. The molecule has 1 aliphatic rings. The van der Waals surface area contributed by atoms with Gasteiger partial charge in [0.1, 0.15) is 16.6 Å². The Balaban J connectivity index is 1.57. The first-order valence-electron chi connectivity index (χ1n) is 9.37. The molecule has 0 aliphatic carbocycles. The van der Waals surface area contributed by atoms with Crippen LogP contribution in [0.2, 0.25) is 0 Å². The first-order chi connectivity index (χ1) is 14.3. The maximum Gasteiger partial charge on any atom is 0.249 e. The molecule has 0 bridgehead atoms. The van der Waals surface area contributed by atoms with Gasteiger partial charge in [-0.15, -0.1) is 5.10 Å². The van der Waals surface area contributed by atoms with E-state index < -0.39 is 22.0 Å². The summed E-state index contributed by atoms with van der Waals surface area (Å²) in [6.07, 6.45) is 1.02. The van der Waals surface area contributed by atoms with E-state index >= 15 is 0 Å². The number of tetrazole rings is 1. The molecule has 2 aromatic heterocycles. The van der Waals surface area contributed by atoms with E-state index in [9.17, 15) is 13.2 Å². The van der Waals surface area contributed by atoms with Gasteiger partial charge in [0.2, 0.25) is 15.9 Å². The molecular weight excluding hydrogens is 410 g/mol. The van der Waals surface area contributed by atoms with Crippen molar-refractivity contribution < 1.29 is 17.7 Å². The van der Waals surface area contributed by atoms with Gasteiger partial charge in [0.25, 0.3) is 0 Å². The highest BCUT2D eigenvalue weighted by molar-refractivity contribution is 7.89. The van der Waals surface area contributed by atoms with Crippen molar-refractivity contribution in [1.82, 2.24) is 29.7 Å². The van der Waals surface area contributed by atoms with E-state index in [2.05, 4.69) is 26.0 Å². The number of aryl methyl sites for hydroxylation is 3. The lowest BCUT2D eigenvalue weighted by Gasteiger charge is -2.23. The SMILES string of the molecule is Cc1noc(C)c1S(=O)(=O)N1CCC[C@H]1C(=O)Nc1cccc(-c2nnnn2C)c1. The number of carbonyl (C=O) groups is 1. The van der Waals surface area contributed by atoms with Crippen molar-refractivity contribution in [2.45, 2.75) is 37.6 Å². The minimum absolute atomic E-state index is 0.0268. The van der Waals surface area contributed by atoms with Crippen LogP contribution in [0.1, 0.15) is 24.3 Å². The second-order valence-corrected chi connectivity index (χ2v) is 8.95. The van der Waals surface area contributed by atoms with E-state index in [1.165, 1.54) is 8.99 Å². The van der Waals surface area contributed by atoms with Crippen LogP contribution >= 0.6 is 0 Å². The summed E-state index contributed by atoms with van der Waals surface area (Å²) < 4.78 is 34.1. The second kappa shape index (κ2) is 7.61. The Kier molecular flexibility index (Phi) is 5.12. The van der Waals surface area contributed by atoms with Gasteiger partial charge in [-0.2, -0.15) is 4.31 Å². The smallest absolute Gasteiger partial charge is 0.249 e. The summed E-state index contributed by atoms with van der Waals surface area (Å²) in [4.78, 5) is 13.0. The molecule has 30 heavy (non-hydrogen) atoms. The van der Waals surface area contributed by atoms with Crippen molar-refractivity contribution in [1.29, 1.82) is 0 Å². The minimum Gasteiger partial charge on any atom is -0.360 e. The Morgan fingerprint density at radius 3 is 2.77 bits per heavy atom. The van der Waals surface area contributed by atoms with Gasteiger partial charge in [0.05, 0.1) is 0 Å². The number of hydrogen-bond donors (Lipinski definition) is 1. The average molecular weight is 431 g/mol. The van der Waals surface area contributed by atoms with Crippen LogP contribution in [-0.2, 0) is 21.9 Å². The molecule has 3 aromatic rings. The molecule has 0 saturated carbocycles. The molecule has 1 aliphatic heterocycles. The monoisotopic (exact) mass is 431 g/mol. The number of amides is 1. The summed E-state index contributed by atoms with van der Waals surface area (Å²) in [5, 5.41) is 17.9. The number of hydrogen-bond acceptors (Lipinski definition) is 8. The van der Waals surface area contributed by atoms with Gasteiger partial charge in [-0.1, -0.05) is 17.3 Å². The van der Waals surface area contributed by atoms with E-state index in [0.717, 1.165) is 5.56 Å². The van der Waals surface area contributed by atoms with Crippen molar-refractivity contribution in [3.8, 4) is 11.4 Å². The van der Waals surface area contributed by atoms with Crippen molar-refractivity contribution in [2.75, 3.05) is 11.9 Å². The summed E-state index contributed by atoms with van der Waals surface area (Å²) in [7, 11) is -2.19. The molecule has 1 aromatic carbocycles. The Bertz CT molecular complexity index is 1180. The van der Waals surface area contributed by atoms with Crippen LogP contribution < -0.4 is 5.32 Å². The summed E-state index contributed by atoms with van der Waals surface area (Å²) in [5.74, 6) is 0.370. The Morgan fingerprint density at radius 1 is 1.30 bits per heavy atom. The van der Waals surface area contributed by atoms with Crippen molar-refractivity contribution in [3.63, 3.8) is 0 Å². The molecular formula is C18H21N7O4S. The van der Waals surface area contributed by atoms with Gasteiger partial charge in [-0.3, -0.25) is 4.79 Å². The zero-order valence-corrected chi connectivity index (χ0v) is 17.5. The second-order valence-electron chi connectivity index (χ2n) is 7.12. The third-order valence-corrected chi connectivity index (χ3v) is 7.20. The number of sulfonamides is 1. The molecule has 1 saturated heterocycles. The third-order valence-electron chi connectivity index (χ3n) is 5.05. The highest BCUT2D eigenvalue weighted by Crippen LogP contribution is 2.30. The molecule has 1 fully saturated rings. The molecule has 0 spiro atoms. The fourth-order valence-corrected chi connectivity index (χ4v) is 5.64. The van der Waals surface area contributed by atoms with Crippen LogP contribution in [0.4, 0.5) is 5.69 Å². The van der Waals surface area contributed by atoms with Crippen molar-refractivity contribution >= 4 is 21.6 Å². The standard InChI is InChI=1S/C18H21N7O4S/c1-11-16(12(2)29-21-11)30(27,28)25-9-5-8-15(25)18(26)19-14-7-4-6-13(10-14)17-20-22-23-24(17)3/h4,6-7,10,15H,5,8-9H2,1-3H3,(H,19,26)/t15-/m0/s1. The van der Waals surface area contributed by atoms with E-state index in [0.29, 0.717) is 24.4 Å². The molecule has 1 N–H and O–H groups in total. The number of carbonyl (C=O) groups excluding carboxylic acids is 1. The predicted octanol–water partition coefficient (Wildman–Crippen LogP) is 1.27. The Morgan fingerprint density at radius 2 is 2.10 bits per heavy atom. The Hall–Kier alpha value is -3.12. The summed E-state index contributed by atoms with van der Waals surface area (Å²) in [5.41, 5.74) is 1.54. The van der Waals surface area contributed by atoms with Crippen LogP contribution in [0.5, 0.6) is 0 Å². The number of aromatic nitrogens is 5. The van der Waals surface area contributed by atoms with E-state index in [1.807, 2.05) is 6.07 Å². The average Bonchev–Trinajstić information content (AvgIpc) is 3.42. The van der Waals surface area contributed by atoms with Crippen LogP contribution in [0.25, 0.3) is 11.4 Å². The van der Waals surface area contributed by atoms with Crippen LogP contribution in [0.3, 0.4) is 0 Å². The van der Waals surface area contributed by atoms with E-state index in [1.54, 1.807) is 39.1 Å². The zero-order valence-electron chi connectivity index (χ0n) is 16.7. The van der Waals surface area contributed by atoms with Crippen LogP contribution in [-0.4, -0.2) is 56.6 Å². The number of nitrogens with zero attached hydrogens (tertiary/aromatic N) is 6. The van der Waals surface area contributed by atoms with E-state index in [-0.39, 0.29) is 22.9 Å². The zero-order chi connectivity index (χ0) is 21.5.